The summed E-state index contributed by atoms with van der Waals surface area (Å²) < 4.78 is 14.3. The molecule has 7 heteroatoms. The van der Waals surface area contributed by atoms with Gasteiger partial charge in [0.15, 0.2) is 0 Å². The molecule has 1 heterocycles. The molecule has 23 heavy (non-hydrogen) atoms. The van der Waals surface area contributed by atoms with Crippen LogP contribution in [0.4, 0.5) is 4.39 Å². The van der Waals surface area contributed by atoms with Gasteiger partial charge in [0.1, 0.15) is 11.6 Å². The quantitative estimate of drug-likeness (QED) is 0.752. The number of halogens is 4. The fraction of sp³-hybridized carbons (Fsp3) is 0.625. The number of aromatic hydroxyl groups is 1. The molecule has 0 spiro atoms. The Morgan fingerprint density at radius 3 is 2.39 bits per heavy atom. The van der Waals surface area contributed by atoms with Gasteiger partial charge in [0.2, 0.25) is 0 Å². The van der Waals surface area contributed by atoms with E-state index in [1.165, 1.54) is 37.8 Å². The predicted octanol–water partition coefficient (Wildman–Crippen LogP) is 4.27. The van der Waals surface area contributed by atoms with Crippen LogP contribution in [0.15, 0.2) is 16.6 Å². The molecule has 0 unspecified atom stereocenters. The minimum absolute atomic E-state index is 0. The average molecular weight is 430 g/mol. The Morgan fingerprint density at radius 1 is 1.17 bits per heavy atom. The van der Waals surface area contributed by atoms with Crippen LogP contribution in [-0.4, -0.2) is 36.2 Å². The van der Waals surface area contributed by atoms with Crippen molar-refractivity contribution in [2.75, 3.05) is 26.2 Å². The molecule has 1 atom stereocenters. The molecule has 2 N–H and O–H groups in total. The van der Waals surface area contributed by atoms with Crippen molar-refractivity contribution in [2.24, 2.45) is 5.92 Å². The Kier molecular flexibility index (Phi) is 8.59. The average Bonchev–Trinajstić information content (AvgIpc) is 2.99. The lowest BCUT2D eigenvalue weighted by Gasteiger charge is -2.39. The summed E-state index contributed by atoms with van der Waals surface area (Å²) in [7, 11) is 0. The Labute approximate surface area is 158 Å². The van der Waals surface area contributed by atoms with E-state index in [1.54, 1.807) is 0 Å². The van der Waals surface area contributed by atoms with Gasteiger partial charge in [0, 0.05) is 37.8 Å². The molecule has 0 bridgehead atoms. The molecule has 1 saturated carbocycles. The minimum Gasteiger partial charge on any atom is -0.506 e. The fourth-order valence-electron chi connectivity index (χ4n) is 3.79. The molecule has 1 aliphatic heterocycles. The standard InChI is InChI=1S/C16H22BrFN2O.2ClH/c17-14-10-12(18)9-13(16(14)21)15(11-3-1-2-4-11)20-7-5-19-6-8-20;;/h9-11,15,19,21H,1-8H2;2*1H/t15-;;/m1../s1. The topological polar surface area (TPSA) is 35.5 Å². The van der Waals surface area contributed by atoms with Crippen LogP contribution in [0.1, 0.15) is 37.3 Å². The zero-order valence-corrected chi connectivity index (χ0v) is 16.2. The van der Waals surface area contributed by atoms with Crippen LogP contribution in [-0.2, 0) is 0 Å². The van der Waals surface area contributed by atoms with Crippen LogP contribution in [0.3, 0.4) is 0 Å². The van der Waals surface area contributed by atoms with Crippen LogP contribution in [0, 0.1) is 11.7 Å². The second-order valence-corrected chi connectivity index (χ2v) is 6.96. The number of phenolic OH excluding ortho intramolecular Hbond substituents is 1. The molecule has 1 saturated heterocycles. The first kappa shape index (κ1) is 21.0. The van der Waals surface area contributed by atoms with Crippen LogP contribution < -0.4 is 5.32 Å². The second-order valence-electron chi connectivity index (χ2n) is 6.10. The maximum absolute atomic E-state index is 13.9. The van der Waals surface area contributed by atoms with E-state index >= 15 is 0 Å². The van der Waals surface area contributed by atoms with Crippen molar-refractivity contribution in [3.05, 3.63) is 28.0 Å². The molecular weight excluding hydrogens is 406 g/mol. The molecule has 2 aliphatic rings. The summed E-state index contributed by atoms with van der Waals surface area (Å²) in [5.41, 5.74) is 0.746. The van der Waals surface area contributed by atoms with Crippen LogP contribution in [0.25, 0.3) is 0 Å². The van der Waals surface area contributed by atoms with Crippen molar-refractivity contribution in [3.63, 3.8) is 0 Å². The van der Waals surface area contributed by atoms with Gasteiger partial charge in [-0.05, 0) is 46.8 Å². The summed E-state index contributed by atoms with van der Waals surface area (Å²) in [6.07, 6.45) is 4.82. The summed E-state index contributed by atoms with van der Waals surface area (Å²) >= 11 is 3.28. The molecular formula is C16H24BrCl2FN2O. The molecule has 0 amide bonds. The van der Waals surface area contributed by atoms with Crippen molar-refractivity contribution < 1.29 is 9.50 Å². The van der Waals surface area contributed by atoms with Gasteiger partial charge in [0.25, 0.3) is 0 Å². The number of rotatable bonds is 3. The van der Waals surface area contributed by atoms with E-state index in [0.29, 0.717) is 10.4 Å². The minimum atomic E-state index is -0.284. The first-order valence-electron chi connectivity index (χ1n) is 7.79. The number of hydrogen-bond donors (Lipinski definition) is 2. The number of nitrogens with one attached hydrogen (secondary N) is 1. The summed E-state index contributed by atoms with van der Waals surface area (Å²) in [5.74, 6) is 0.433. The molecule has 1 aromatic carbocycles. The zero-order chi connectivity index (χ0) is 14.8. The number of benzene rings is 1. The second kappa shape index (κ2) is 9.42. The van der Waals surface area contributed by atoms with E-state index in [0.717, 1.165) is 31.7 Å². The number of hydrogen-bond acceptors (Lipinski definition) is 3. The first-order chi connectivity index (χ1) is 10.2. The molecule has 3 nitrogen and oxygen atoms in total. The van der Waals surface area contributed by atoms with E-state index < -0.39 is 0 Å². The lowest BCUT2D eigenvalue weighted by atomic mass is 9.89. The predicted molar refractivity (Wildman–Crippen MR) is 99.4 cm³/mol. The van der Waals surface area contributed by atoms with Crippen molar-refractivity contribution in [3.8, 4) is 5.75 Å². The lowest BCUT2D eigenvalue weighted by Crippen LogP contribution is -2.46. The first-order valence-corrected chi connectivity index (χ1v) is 8.59. The lowest BCUT2D eigenvalue weighted by molar-refractivity contribution is 0.123. The Morgan fingerprint density at radius 2 is 1.78 bits per heavy atom. The molecule has 0 radical (unpaired) electrons. The van der Waals surface area contributed by atoms with Crippen LogP contribution in [0.5, 0.6) is 5.75 Å². The van der Waals surface area contributed by atoms with Gasteiger partial charge in [-0.1, -0.05) is 12.8 Å². The van der Waals surface area contributed by atoms with Gasteiger partial charge in [0.05, 0.1) is 4.47 Å². The highest BCUT2D eigenvalue weighted by molar-refractivity contribution is 9.10. The van der Waals surface area contributed by atoms with Gasteiger partial charge < -0.3 is 10.4 Å². The van der Waals surface area contributed by atoms with Crippen LogP contribution >= 0.6 is 40.7 Å². The Balaban J connectivity index is 0.00000132. The summed E-state index contributed by atoms with van der Waals surface area (Å²) in [5, 5.41) is 13.8. The number of piperazine rings is 1. The highest BCUT2D eigenvalue weighted by atomic mass is 79.9. The maximum atomic E-state index is 13.9. The van der Waals surface area contributed by atoms with E-state index in [9.17, 15) is 9.50 Å². The highest BCUT2D eigenvalue weighted by Gasteiger charge is 2.34. The van der Waals surface area contributed by atoms with Gasteiger partial charge in [-0.25, -0.2) is 4.39 Å². The monoisotopic (exact) mass is 428 g/mol. The Hall–Kier alpha value is -0.0700. The molecule has 3 rings (SSSR count). The molecule has 1 aliphatic carbocycles. The summed E-state index contributed by atoms with van der Waals surface area (Å²) in [6.45, 7) is 3.82. The molecule has 0 aromatic heterocycles. The molecule has 132 valence electrons. The van der Waals surface area contributed by atoms with Crippen molar-refractivity contribution in [2.45, 2.75) is 31.7 Å². The third kappa shape index (κ3) is 4.73. The SMILES string of the molecule is Cl.Cl.Oc1c(Br)cc(F)cc1[C@@H](C1CCCC1)N1CCNCC1. The van der Waals surface area contributed by atoms with Crippen molar-refractivity contribution in [1.29, 1.82) is 0 Å². The van der Waals surface area contributed by atoms with Gasteiger partial charge >= 0.3 is 0 Å². The third-order valence-electron chi connectivity index (χ3n) is 4.77. The fourth-order valence-corrected chi connectivity index (χ4v) is 4.24. The molecule has 2 fully saturated rings. The van der Waals surface area contributed by atoms with Gasteiger partial charge in [-0.2, -0.15) is 0 Å². The maximum Gasteiger partial charge on any atom is 0.134 e. The van der Waals surface area contributed by atoms with Crippen molar-refractivity contribution in [1.82, 2.24) is 10.2 Å². The Bertz CT molecular complexity index is 509. The van der Waals surface area contributed by atoms with Crippen molar-refractivity contribution >= 4 is 40.7 Å². The smallest absolute Gasteiger partial charge is 0.134 e. The van der Waals surface area contributed by atoms with Gasteiger partial charge in [-0.3, -0.25) is 4.90 Å². The number of phenols is 1. The number of nitrogens with zero attached hydrogens (tertiary/aromatic N) is 1. The highest BCUT2D eigenvalue weighted by Crippen LogP contribution is 2.44. The zero-order valence-electron chi connectivity index (χ0n) is 12.9. The van der Waals surface area contributed by atoms with E-state index in [2.05, 4.69) is 26.1 Å². The van der Waals surface area contributed by atoms with E-state index in [1.807, 2.05) is 0 Å². The molecule has 1 aromatic rings. The third-order valence-corrected chi connectivity index (χ3v) is 5.37. The summed E-state index contributed by atoms with van der Waals surface area (Å²) in [6, 6.07) is 2.98. The van der Waals surface area contributed by atoms with Crippen LogP contribution in [0.2, 0.25) is 0 Å². The van der Waals surface area contributed by atoms with E-state index in [-0.39, 0.29) is 42.4 Å². The largest absolute Gasteiger partial charge is 0.506 e. The van der Waals surface area contributed by atoms with E-state index in [4.69, 9.17) is 0 Å². The summed E-state index contributed by atoms with van der Waals surface area (Å²) in [4.78, 5) is 2.41. The van der Waals surface area contributed by atoms with Gasteiger partial charge in [-0.15, -0.1) is 24.8 Å². The normalized spacial score (nSPS) is 20.6.